The highest BCUT2D eigenvalue weighted by Gasteiger charge is 2.42. The van der Waals surface area contributed by atoms with Crippen molar-refractivity contribution in [1.29, 1.82) is 0 Å². The summed E-state index contributed by atoms with van der Waals surface area (Å²) in [5.74, 6) is -1.14. The van der Waals surface area contributed by atoms with Gasteiger partial charge in [-0.3, -0.25) is 4.79 Å². The quantitative estimate of drug-likeness (QED) is 0.776. The van der Waals surface area contributed by atoms with E-state index in [1.807, 2.05) is 0 Å². The average Bonchev–Trinajstić information content (AvgIpc) is 2.37. The van der Waals surface area contributed by atoms with E-state index in [1.54, 1.807) is 20.8 Å². The number of carbonyl (C=O) groups is 2. The van der Waals surface area contributed by atoms with Gasteiger partial charge in [-0.05, 0) is 27.2 Å². The summed E-state index contributed by atoms with van der Waals surface area (Å²) in [6.45, 7) is 5.59. The Bertz CT molecular complexity index is 378. The van der Waals surface area contributed by atoms with Crippen molar-refractivity contribution < 1.29 is 28.9 Å². The van der Waals surface area contributed by atoms with Crippen molar-refractivity contribution in [3.63, 3.8) is 0 Å². The summed E-state index contributed by atoms with van der Waals surface area (Å²) < 4.78 is 15.1. The molecule has 0 aromatic carbocycles. The van der Waals surface area contributed by atoms with Crippen molar-refractivity contribution >= 4 is 12.1 Å². The van der Waals surface area contributed by atoms with Crippen molar-refractivity contribution in [2.24, 2.45) is 5.92 Å². The maximum atomic E-state index is 12.2. The zero-order valence-electron chi connectivity index (χ0n) is 13.3. The van der Waals surface area contributed by atoms with Crippen LogP contribution in [-0.4, -0.2) is 67.2 Å². The van der Waals surface area contributed by atoms with Crippen molar-refractivity contribution in [1.82, 2.24) is 4.90 Å². The third kappa shape index (κ3) is 4.86. The van der Waals surface area contributed by atoms with Gasteiger partial charge >= 0.3 is 12.1 Å². The van der Waals surface area contributed by atoms with Crippen molar-refractivity contribution in [2.75, 3.05) is 27.4 Å². The Hall–Kier alpha value is -1.34. The van der Waals surface area contributed by atoms with Crippen LogP contribution in [0.3, 0.4) is 0 Å². The normalized spacial score (nSPS) is 26.4. The van der Waals surface area contributed by atoms with Crippen LogP contribution in [0.1, 0.15) is 27.2 Å². The fourth-order valence-electron chi connectivity index (χ4n) is 2.35. The number of esters is 1. The molecule has 1 saturated heterocycles. The average molecular weight is 303 g/mol. The first-order chi connectivity index (χ1) is 9.69. The monoisotopic (exact) mass is 303 g/mol. The van der Waals surface area contributed by atoms with E-state index < -0.39 is 29.7 Å². The van der Waals surface area contributed by atoms with Crippen LogP contribution in [0.15, 0.2) is 0 Å². The van der Waals surface area contributed by atoms with Gasteiger partial charge in [-0.1, -0.05) is 0 Å². The summed E-state index contributed by atoms with van der Waals surface area (Å²) in [4.78, 5) is 25.3. The molecule has 0 radical (unpaired) electrons. The molecule has 0 aliphatic carbocycles. The lowest BCUT2D eigenvalue weighted by atomic mass is 9.89. The molecule has 3 atom stereocenters. The second kappa shape index (κ2) is 7.09. The Morgan fingerprint density at radius 2 is 1.90 bits per heavy atom. The van der Waals surface area contributed by atoms with Crippen molar-refractivity contribution in [3.05, 3.63) is 0 Å². The standard InChI is InChI=1S/C14H25NO6/c1-14(2,3)21-13(18)15-7-11(16)10(12(17)20-5)6-9(15)8-19-4/h9-11,16H,6-8H2,1-5H3/t9-,10?,11+/m0/s1. The van der Waals surface area contributed by atoms with E-state index in [2.05, 4.69) is 4.74 Å². The van der Waals surface area contributed by atoms with Gasteiger partial charge < -0.3 is 24.2 Å². The predicted molar refractivity (Wildman–Crippen MR) is 74.7 cm³/mol. The Morgan fingerprint density at radius 3 is 2.38 bits per heavy atom. The molecule has 0 bridgehead atoms. The Kier molecular flexibility index (Phi) is 5.98. The third-order valence-electron chi connectivity index (χ3n) is 3.31. The van der Waals surface area contributed by atoms with E-state index in [4.69, 9.17) is 9.47 Å². The van der Waals surface area contributed by atoms with Crippen molar-refractivity contribution in [2.45, 2.75) is 44.9 Å². The molecule has 0 aromatic rings. The van der Waals surface area contributed by atoms with Gasteiger partial charge in [-0.25, -0.2) is 4.79 Å². The van der Waals surface area contributed by atoms with Gasteiger partial charge in [0.05, 0.1) is 38.3 Å². The number of carbonyl (C=O) groups excluding carboxylic acids is 2. The van der Waals surface area contributed by atoms with E-state index in [0.29, 0.717) is 0 Å². The molecule has 1 N–H and O–H groups in total. The molecule has 0 aromatic heterocycles. The topological polar surface area (TPSA) is 85.3 Å². The number of amides is 1. The molecular formula is C14H25NO6. The van der Waals surface area contributed by atoms with Crippen molar-refractivity contribution in [3.8, 4) is 0 Å². The molecule has 1 amide bonds. The van der Waals surface area contributed by atoms with E-state index in [9.17, 15) is 14.7 Å². The molecule has 1 aliphatic rings. The van der Waals surface area contributed by atoms with Crippen LogP contribution in [-0.2, 0) is 19.0 Å². The molecule has 1 rings (SSSR count). The first-order valence-electron chi connectivity index (χ1n) is 6.94. The molecule has 0 spiro atoms. The predicted octanol–water partition coefficient (Wildman–Crippen LogP) is 0.792. The number of methoxy groups -OCH3 is 2. The zero-order chi connectivity index (χ0) is 16.2. The lowest BCUT2D eigenvalue weighted by molar-refractivity contribution is -0.154. The Balaban J connectivity index is 2.84. The van der Waals surface area contributed by atoms with Crippen LogP contribution in [0.2, 0.25) is 0 Å². The smallest absolute Gasteiger partial charge is 0.410 e. The largest absolute Gasteiger partial charge is 0.469 e. The number of nitrogens with zero attached hydrogens (tertiary/aromatic N) is 1. The number of piperidine rings is 1. The highest BCUT2D eigenvalue weighted by atomic mass is 16.6. The molecule has 7 nitrogen and oxygen atoms in total. The molecule has 1 unspecified atom stereocenters. The number of aliphatic hydroxyl groups excluding tert-OH is 1. The zero-order valence-corrected chi connectivity index (χ0v) is 13.3. The molecule has 0 saturated carbocycles. The third-order valence-corrected chi connectivity index (χ3v) is 3.31. The SMILES string of the molecule is COC[C@@H]1CC(C(=O)OC)[C@H](O)CN1C(=O)OC(C)(C)C. The first-order valence-corrected chi connectivity index (χ1v) is 6.94. The lowest BCUT2D eigenvalue weighted by Gasteiger charge is -2.41. The number of hydrogen-bond donors (Lipinski definition) is 1. The number of ether oxygens (including phenoxy) is 3. The molecule has 1 aliphatic heterocycles. The van der Waals surface area contributed by atoms with Crippen LogP contribution >= 0.6 is 0 Å². The fraction of sp³-hybridized carbons (Fsp3) is 0.857. The summed E-state index contributed by atoms with van der Waals surface area (Å²) in [6, 6.07) is -0.336. The highest BCUT2D eigenvalue weighted by molar-refractivity contribution is 5.74. The van der Waals surface area contributed by atoms with E-state index in [0.717, 1.165) is 0 Å². The maximum Gasteiger partial charge on any atom is 0.410 e. The minimum Gasteiger partial charge on any atom is -0.469 e. The Morgan fingerprint density at radius 1 is 1.29 bits per heavy atom. The number of rotatable bonds is 3. The van der Waals surface area contributed by atoms with Crippen LogP contribution in [0, 0.1) is 5.92 Å². The molecule has 21 heavy (non-hydrogen) atoms. The second-order valence-corrected chi connectivity index (χ2v) is 6.17. The van der Waals surface area contributed by atoms with Gasteiger partial charge in [-0.2, -0.15) is 0 Å². The van der Waals surface area contributed by atoms with Gasteiger partial charge in [0.2, 0.25) is 0 Å². The molecule has 122 valence electrons. The maximum absolute atomic E-state index is 12.2. The van der Waals surface area contributed by atoms with Gasteiger partial charge in [0, 0.05) is 7.11 Å². The number of aliphatic hydroxyl groups is 1. The highest BCUT2D eigenvalue weighted by Crippen LogP contribution is 2.26. The van der Waals surface area contributed by atoms with Crippen LogP contribution in [0.4, 0.5) is 4.79 Å². The molecule has 7 heteroatoms. The summed E-state index contributed by atoms with van der Waals surface area (Å²) in [7, 11) is 2.80. The second-order valence-electron chi connectivity index (χ2n) is 6.17. The lowest BCUT2D eigenvalue weighted by Crippen LogP contribution is -2.56. The van der Waals surface area contributed by atoms with E-state index in [-0.39, 0.29) is 25.6 Å². The van der Waals surface area contributed by atoms with E-state index in [1.165, 1.54) is 19.1 Å². The summed E-state index contributed by atoms with van der Waals surface area (Å²) >= 11 is 0. The summed E-state index contributed by atoms with van der Waals surface area (Å²) in [5, 5.41) is 10.1. The summed E-state index contributed by atoms with van der Waals surface area (Å²) in [5.41, 5.74) is -0.626. The molecule has 1 fully saturated rings. The minimum atomic E-state index is -0.974. The van der Waals surface area contributed by atoms with Crippen LogP contribution in [0.5, 0.6) is 0 Å². The van der Waals surface area contributed by atoms with Crippen LogP contribution < -0.4 is 0 Å². The Labute approximate surface area is 125 Å². The van der Waals surface area contributed by atoms with Crippen LogP contribution in [0.25, 0.3) is 0 Å². The molecule has 1 heterocycles. The summed E-state index contributed by atoms with van der Waals surface area (Å²) in [6.07, 6.45) is -1.22. The van der Waals surface area contributed by atoms with Gasteiger partial charge in [0.1, 0.15) is 5.60 Å². The van der Waals surface area contributed by atoms with E-state index >= 15 is 0 Å². The first kappa shape index (κ1) is 17.7. The number of hydrogen-bond acceptors (Lipinski definition) is 6. The van der Waals surface area contributed by atoms with Gasteiger partial charge in [-0.15, -0.1) is 0 Å². The fourth-order valence-corrected chi connectivity index (χ4v) is 2.35. The number of β-amino-alcohol motifs (C(OH)–C–C–N with tert-alkyl or cyclic N) is 1. The molecular weight excluding hydrogens is 278 g/mol. The van der Waals surface area contributed by atoms with Gasteiger partial charge in [0.25, 0.3) is 0 Å². The minimum absolute atomic E-state index is 0.0166. The van der Waals surface area contributed by atoms with Gasteiger partial charge in [0.15, 0.2) is 0 Å². The number of likely N-dealkylation sites (tertiary alicyclic amines) is 1.